The minimum atomic E-state index is -0.899. The molecule has 0 spiro atoms. The van der Waals surface area contributed by atoms with Gasteiger partial charge >= 0.3 is 12.1 Å². The van der Waals surface area contributed by atoms with Crippen LogP contribution in [-0.4, -0.2) is 63.0 Å². The minimum absolute atomic E-state index is 0.106. The van der Waals surface area contributed by atoms with Crippen LogP contribution in [0.3, 0.4) is 0 Å². The zero-order valence-electron chi connectivity index (χ0n) is 19.1. The highest BCUT2D eigenvalue weighted by Crippen LogP contribution is 2.19. The van der Waals surface area contributed by atoms with Gasteiger partial charge in [-0.3, -0.25) is 4.90 Å². The van der Waals surface area contributed by atoms with Crippen molar-refractivity contribution < 1.29 is 33.3 Å². The summed E-state index contributed by atoms with van der Waals surface area (Å²) in [7, 11) is 3.00. The third kappa shape index (κ3) is 9.45. The van der Waals surface area contributed by atoms with Crippen LogP contribution in [0.1, 0.15) is 40.2 Å². The molecule has 0 bridgehead atoms. The van der Waals surface area contributed by atoms with E-state index in [4.69, 9.17) is 23.7 Å². The number of carbonyl (C=O) groups excluding carboxylic acids is 2. The van der Waals surface area contributed by atoms with Gasteiger partial charge in [0.1, 0.15) is 24.1 Å². The summed E-state index contributed by atoms with van der Waals surface area (Å²) in [5.74, 6) is 0.302. The lowest BCUT2D eigenvalue weighted by Crippen LogP contribution is -2.50. The van der Waals surface area contributed by atoms with E-state index in [1.807, 2.05) is 26.0 Å². The molecule has 1 amide bonds. The van der Waals surface area contributed by atoms with Crippen LogP contribution in [0.2, 0.25) is 0 Å². The average molecular weight is 426 g/mol. The molecule has 0 aliphatic heterocycles. The summed E-state index contributed by atoms with van der Waals surface area (Å²) in [5.41, 5.74) is 0.117. The molecule has 0 aliphatic rings. The topological polar surface area (TPSA) is 83.5 Å². The van der Waals surface area contributed by atoms with Crippen LogP contribution in [0.4, 0.5) is 4.79 Å². The van der Waals surface area contributed by atoms with Crippen LogP contribution in [0.25, 0.3) is 0 Å². The second-order valence-corrected chi connectivity index (χ2v) is 8.31. The fourth-order valence-electron chi connectivity index (χ4n) is 2.47. The number of hydrogen-bond donors (Lipinski definition) is 0. The predicted molar refractivity (Wildman–Crippen MR) is 112 cm³/mol. The van der Waals surface area contributed by atoms with Gasteiger partial charge in [0.05, 0.1) is 6.61 Å². The third-order valence-electron chi connectivity index (χ3n) is 3.80. The van der Waals surface area contributed by atoms with Crippen molar-refractivity contribution in [3.63, 3.8) is 0 Å². The van der Waals surface area contributed by atoms with Crippen molar-refractivity contribution in [1.82, 2.24) is 4.90 Å². The molecule has 0 N–H and O–H groups in total. The molecule has 0 unspecified atom stereocenters. The van der Waals surface area contributed by atoms with E-state index < -0.39 is 23.7 Å². The average Bonchev–Trinajstić information content (AvgIpc) is 2.66. The van der Waals surface area contributed by atoms with E-state index in [1.165, 1.54) is 12.0 Å². The SMILES string of the molecule is COCOc1ccc(C[C@@H](C(=O)OCC(C)C)N(COC)C(=O)OC(C)(C)C)cc1. The molecule has 0 fully saturated rings. The van der Waals surface area contributed by atoms with Crippen LogP contribution in [0.5, 0.6) is 5.75 Å². The van der Waals surface area contributed by atoms with Crippen LogP contribution >= 0.6 is 0 Å². The molecular weight excluding hydrogens is 390 g/mol. The maximum Gasteiger partial charge on any atom is 0.412 e. The van der Waals surface area contributed by atoms with Crippen molar-refractivity contribution in [3.8, 4) is 5.75 Å². The lowest BCUT2D eigenvalue weighted by atomic mass is 10.0. The lowest BCUT2D eigenvalue weighted by molar-refractivity contribution is -0.153. The van der Waals surface area contributed by atoms with Crippen molar-refractivity contribution >= 4 is 12.1 Å². The van der Waals surface area contributed by atoms with Gasteiger partial charge in [-0.2, -0.15) is 0 Å². The van der Waals surface area contributed by atoms with Crippen molar-refractivity contribution in [2.24, 2.45) is 5.92 Å². The first kappa shape index (κ1) is 25.7. The van der Waals surface area contributed by atoms with E-state index in [-0.39, 0.29) is 32.5 Å². The number of ether oxygens (including phenoxy) is 5. The van der Waals surface area contributed by atoms with E-state index in [1.54, 1.807) is 40.0 Å². The maximum atomic E-state index is 12.9. The van der Waals surface area contributed by atoms with Gasteiger partial charge in [-0.15, -0.1) is 0 Å². The van der Waals surface area contributed by atoms with Crippen LogP contribution in [-0.2, 0) is 30.2 Å². The molecule has 1 rings (SSSR count). The number of carbonyl (C=O) groups is 2. The lowest BCUT2D eigenvalue weighted by Gasteiger charge is -2.32. The third-order valence-corrected chi connectivity index (χ3v) is 3.80. The van der Waals surface area contributed by atoms with E-state index >= 15 is 0 Å². The summed E-state index contributed by atoms with van der Waals surface area (Å²) < 4.78 is 26.4. The summed E-state index contributed by atoms with van der Waals surface area (Å²) in [5, 5.41) is 0. The number of hydrogen-bond acceptors (Lipinski definition) is 7. The van der Waals surface area contributed by atoms with Crippen molar-refractivity contribution in [2.75, 3.05) is 34.4 Å². The summed E-state index contributed by atoms with van der Waals surface area (Å²) in [4.78, 5) is 26.9. The van der Waals surface area contributed by atoms with Gasteiger partial charge in [-0.1, -0.05) is 26.0 Å². The molecule has 1 aromatic carbocycles. The Morgan fingerprint density at radius 3 is 2.17 bits per heavy atom. The van der Waals surface area contributed by atoms with Gasteiger partial charge in [0.15, 0.2) is 6.79 Å². The molecule has 1 aromatic rings. The fourth-order valence-corrected chi connectivity index (χ4v) is 2.47. The van der Waals surface area contributed by atoms with Gasteiger partial charge in [0.25, 0.3) is 0 Å². The predicted octanol–water partition coefficient (Wildman–Crippen LogP) is 3.62. The largest absolute Gasteiger partial charge is 0.468 e. The Kier molecular flexibility index (Phi) is 10.6. The van der Waals surface area contributed by atoms with E-state index in [9.17, 15) is 9.59 Å². The summed E-state index contributed by atoms with van der Waals surface area (Å²) in [6, 6.07) is 6.31. The van der Waals surface area contributed by atoms with Gasteiger partial charge < -0.3 is 23.7 Å². The molecule has 0 saturated heterocycles. The molecule has 30 heavy (non-hydrogen) atoms. The van der Waals surface area contributed by atoms with E-state index in [0.717, 1.165) is 5.56 Å². The Balaban J connectivity index is 3.09. The van der Waals surface area contributed by atoms with Gasteiger partial charge in [0, 0.05) is 20.6 Å². The quantitative estimate of drug-likeness (QED) is 0.395. The Labute approximate surface area is 179 Å². The fraction of sp³-hybridized carbons (Fsp3) is 0.636. The first-order chi connectivity index (χ1) is 14.1. The van der Waals surface area contributed by atoms with Gasteiger partial charge in [-0.25, -0.2) is 9.59 Å². The highest BCUT2D eigenvalue weighted by molar-refractivity contribution is 5.82. The minimum Gasteiger partial charge on any atom is -0.468 e. The first-order valence-electron chi connectivity index (χ1n) is 9.93. The molecule has 8 nitrogen and oxygen atoms in total. The molecule has 0 saturated carbocycles. The molecular formula is C22H35NO7. The number of rotatable bonds is 11. The molecule has 0 aromatic heterocycles. The first-order valence-corrected chi connectivity index (χ1v) is 9.93. The number of methoxy groups -OCH3 is 2. The molecule has 0 radical (unpaired) electrons. The maximum absolute atomic E-state index is 12.9. The summed E-state index contributed by atoms with van der Waals surface area (Å²) in [6.07, 6.45) is -0.403. The van der Waals surface area contributed by atoms with Gasteiger partial charge in [-0.05, 0) is 44.4 Å². The number of esters is 1. The Morgan fingerprint density at radius 2 is 1.67 bits per heavy atom. The highest BCUT2D eigenvalue weighted by atomic mass is 16.7. The van der Waals surface area contributed by atoms with Crippen molar-refractivity contribution in [3.05, 3.63) is 29.8 Å². The standard InChI is InChI=1S/C22H35NO7/c1-16(2)13-28-20(24)19(23(14-26-6)21(25)30-22(3,4)5)12-17-8-10-18(11-9-17)29-15-27-7/h8-11,16,19H,12-15H2,1-7H3/t19-/m0/s1. The Morgan fingerprint density at radius 1 is 1.03 bits per heavy atom. The normalized spacial score (nSPS) is 12.4. The molecule has 8 heteroatoms. The van der Waals surface area contributed by atoms with Gasteiger partial charge in [0.2, 0.25) is 0 Å². The van der Waals surface area contributed by atoms with Crippen LogP contribution in [0, 0.1) is 5.92 Å². The second-order valence-electron chi connectivity index (χ2n) is 8.31. The Hall–Kier alpha value is -2.32. The van der Waals surface area contributed by atoms with Crippen molar-refractivity contribution in [2.45, 2.75) is 52.7 Å². The number of amides is 1. The van der Waals surface area contributed by atoms with E-state index in [0.29, 0.717) is 5.75 Å². The molecule has 0 heterocycles. The van der Waals surface area contributed by atoms with Crippen LogP contribution < -0.4 is 4.74 Å². The number of nitrogens with zero attached hydrogens (tertiary/aromatic N) is 1. The number of benzene rings is 1. The van der Waals surface area contributed by atoms with Crippen molar-refractivity contribution in [1.29, 1.82) is 0 Å². The molecule has 170 valence electrons. The Bertz CT molecular complexity index is 652. The zero-order chi connectivity index (χ0) is 22.7. The summed E-state index contributed by atoms with van der Waals surface area (Å²) >= 11 is 0. The smallest absolute Gasteiger partial charge is 0.412 e. The van der Waals surface area contributed by atoms with E-state index in [2.05, 4.69) is 0 Å². The molecule has 0 aliphatic carbocycles. The summed E-state index contributed by atoms with van der Waals surface area (Å²) in [6.45, 7) is 9.48. The second kappa shape index (κ2) is 12.4. The monoisotopic (exact) mass is 425 g/mol. The van der Waals surface area contributed by atoms with Crippen LogP contribution in [0.15, 0.2) is 24.3 Å². The molecule has 1 atom stereocenters. The zero-order valence-corrected chi connectivity index (χ0v) is 19.1. The highest BCUT2D eigenvalue weighted by Gasteiger charge is 2.34.